The summed E-state index contributed by atoms with van der Waals surface area (Å²) in [5, 5.41) is 3.87. The lowest BCUT2D eigenvalue weighted by atomic mass is 10.2. The highest BCUT2D eigenvalue weighted by Gasteiger charge is 2.19. The van der Waals surface area contributed by atoms with Crippen molar-refractivity contribution in [2.24, 2.45) is 0 Å². The molecule has 0 radical (unpaired) electrons. The average molecular weight is 430 g/mol. The number of imidazole rings is 1. The molecule has 2 heterocycles. The predicted molar refractivity (Wildman–Crippen MR) is 97.1 cm³/mol. The zero-order valence-corrected chi connectivity index (χ0v) is 15.4. The Morgan fingerprint density at radius 1 is 1.38 bits per heavy atom. The van der Waals surface area contributed by atoms with Gasteiger partial charge in [0.25, 0.3) is 5.91 Å². The Bertz CT molecular complexity index is 929. The monoisotopic (exact) mass is 428 g/mol. The Morgan fingerprint density at radius 3 is 2.88 bits per heavy atom. The van der Waals surface area contributed by atoms with Gasteiger partial charge in [-0.25, -0.2) is 10.5 Å². The number of benzene rings is 1. The summed E-state index contributed by atoms with van der Waals surface area (Å²) in [4.78, 5) is 21.2. The van der Waals surface area contributed by atoms with Crippen molar-refractivity contribution >= 4 is 62.1 Å². The number of hydrogen-bond donors (Lipinski definition) is 2. The van der Waals surface area contributed by atoms with Crippen molar-refractivity contribution in [3.05, 3.63) is 56.9 Å². The number of amides is 1. The lowest BCUT2D eigenvalue weighted by Gasteiger charge is -2.15. The molecule has 0 saturated carbocycles. The fourth-order valence-corrected chi connectivity index (χ4v) is 3.20. The number of anilines is 2. The molecule has 0 aliphatic carbocycles. The first-order valence-corrected chi connectivity index (χ1v) is 8.26. The first kappa shape index (κ1) is 17.0. The van der Waals surface area contributed by atoms with Crippen molar-refractivity contribution < 1.29 is 9.63 Å². The molecule has 0 aliphatic rings. The highest BCUT2D eigenvalue weighted by molar-refractivity contribution is 9.10. The standard InChI is InChI=1S/C15H11BrCl2N4O2/c1-24-21-15(23)9-7-22-5-4-19-14(22)12(18)13(9)20-11-3-2-8(16)6-10(11)17/h2-7,20H,1H3,(H,21,23). The Hall–Kier alpha value is -1.80. The highest BCUT2D eigenvalue weighted by atomic mass is 79.9. The summed E-state index contributed by atoms with van der Waals surface area (Å²) in [6.07, 6.45) is 4.90. The zero-order chi connectivity index (χ0) is 17.3. The van der Waals surface area contributed by atoms with Crippen LogP contribution in [0.3, 0.4) is 0 Å². The molecule has 9 heteroatoms. The van der Waals surface area contributed by atoms with Crippen LogP contribution in [0, 0.1) is 0 Å². The van der Waals surface area contributed by atoms with Crippen LogP contribution < -0.4 is 10.8 Å². The normalized spacial score (nSPS) is 10.8. The molecule has 0 unspecified atom stereocenters. The SMILES string of the molecule is CONC(=O)c1cn2ccnc2c(Cl)c1Nc1ccc(Br)cc1Cl. The van der Waals surface area contributed by atoms with E-state index in [1.54, 1.807) is 35.1 Å². The minimum absolute atomic E-state index is 0.284. The van der Waals surface area contributed by atoms with Crippen molar-refractivity contribution in [3.63, 3.8) is 0 Å². The Morgan fingerprint density at radius 2 is 2.17 bits per heavy atom. The van der Waals surface area contributed by atoms with E-state index in [0.717, 1.165) is 4.47 Å². The molecule has 6 nitrogen and oxygen atoms in total. The van der Waals surface area contributed by atoms with Crippen LogP contribution in [0.4, 0.5) is 11.4 Å². The summed E-state index contributed by atoms with van der Waals surface area (Å²) in [6.45, 7) is 0. The van der Waals surface area contributed by atoms with Crippen LogP contribution in [0.1, 0.15) is 10.4 Å². The molecular formula is C15H11BrCl2N4O2. The lowest BCUT2D eigenvalue weighted by molar-refractivity contribution is 0.0538. The number of aromatic nitrogens is 2. The summed E-state index contributed by atoms with van der Waals surface area (Å²) in [7, 11) is 1.36. The first-order chi connectivity index (χ1) is 11.5. The van der Waals surface area contributed by atoms with Gasteiger partial charge in [0.1, 0.15) is 5.02 Å². The summed E-state index contributed by atoms with van der Waals surface area (Å²) >= 11 is 16.0. The van der Waals surface area contributed by atoms with Gasteiger partial charge in [-0.3, -0.25) is 9.63 Å². The van der Waals surface area contributed by atoms with Gasteiger partial charge in [-0.05, 0) is 18.2 Å². The topological polar surface area (TPSA) is 67.7 Å². The molecule has 0 saturated heterocycles. The maximum atomic E-state index is 12.3. The number of pyridine rings is 1. The second kappa shape index (κ2) is 6.98. The van der Waals surface area contributed by atoms with Crippen molar-refractivity contribution in [1.29, 1.82) is 0 Å². The Labute approximate surface area is 155 Å². The smallest absolute Gasteiger partial charge is 0.278 e. The van der Waals surface area contributed by atoms with E-state index in [4.69, 9.17) is 28.0 Å². The Balaban J connectivity index is 2.15. The number of carbonyl (C=O) groups excluding carboxylic acids is 1. The van der Waals surface area contributed by atoms with Gasteiger partial charge in [-0.2, -0.15) is 0 Å². The van der Waals surface area contributed by atoms with Crippen LogP contribution in [0.2, 0.25) is 10.0 Å². The van der Waals surface area contributed by atoms with Crippen LogP contribution in [0.5, 0.6) is 0 Å². The van der Waals surface area contributed by atoms with Crippen LogP contribution in [-0.4, -0.2) is 22.4 Å². The number of fused-ring (bicyclic) bond motifs is 1. The molecule has 2 N–H and O–H groups in total. The molecule has 24 heavy (non-hydrogen) atoms. The Kier molecular flexibility index (Phi) is 4.96. The number of rotatable bonds is 4. The van der Waals surface area contributed by atoms with Gasteiger partial charge in [0, 0.05) is 23.1 Å². The fraction of sp³-hybridized carbons (Fsp3) is 0.0667. The molecule has 124 valence electrons. The molecule has 0 atom stereocenters. The summed E-state index contributed by atoms with van der Waals surface area (Å²) in [6, 6.07) is 5.34. The molecule has 2 aromatic heterocycles. The number of carbonyl (C=O) groups is 1. The second-order valence-corrected chi connectivity index (χ2v) is 6.48. The van der Waals surface area contributed by atoms with Gasteiger partial charge in [0.2, 0.25) is 0 Å². The molecule has 3 aromatic rings. The van der Waals surface area contributed by atoms with Gasteiger partial charge in [-0.1, -0.05) is 39.1 Å². The van der Waals surface area contributed by atoms with E-state index in [9.17, 15) is 4.79 Å². The molecule has 1 aromatic carbocycles. The maximum Gasteiger partial charge on any atom is 0.278 e. The van der Waals surface area contributed by atoms with Gasteiger partial charge < -0.3 is 9.72 Å². The van der Waals surface area contributed by atoms with Crippen molar-refractivity contribution in [2.45, 2.75) is 0 Å². The minimum atomic E-state index is -0.453. The maximum absolute atomic E-state index is 12.3. The first-order valence-electron chi connectivity index (χ1n) is 6.72. The average Bonchev–Trinajstić information content (AvgIpc) is 3.01. The largest absolute Gasteiger partial charge is 0.352 e. The van der Waals surface area contributed by atoms with Crippen LogP contribution in [-0.2, 0) is 4.84 Å². The molecule has 0 spiro atoms. The van der Waals surface area contributed by atoms with Gasteiger partial charge in [0.05, 0.1) is 29.1 Å². The number of nitrogens with one attached hydrogen (secondary N) is 2. The van der Waals surface area contributed by atoms with Crippen LogP contribution >= 0.6 is 39.1 Å². The van der Waals surface area contributed by atoms with E-state index < -0.39 is 5.91 Å². The number of hydroxylamine groups is 1. The lowest BCUT2D eigenvalue weighted by Crippen LogP contribution is -2.23. The second-order valence-electron chi connectivity index (χ2n) is 4.77. The van der Waals surface area contributed by atoms with E-state index in [0.29, 0.717) is 27.1 Å². The fourth-order valence-electron chi connectivity index (χ4n) is 2.19. The molecule has 0 bridgehead atoms. The molecular weight excluding hydrogens is 419 g/mol. The third-order valence-corrected chi connectivity index (χ3v) is 4.42. The van der Waals surface area contributed by atoms with Crippen molar-refractivity contribution in [1.82, 2.24) is 14.9 Å². The van der Waals surface area contributed by atoms with Gasteiger partial charge >= 0.3 is 0 Å². The summed E-state index contributed by atoms with van der Waals surface area (Å²) in [5.74, 6) is -0.453. The van der Waals surface area contributed by atoms with E-state index in [-0.39, 0.29) is 5.56 Å². The van der Waals surface area contributed by atoms with Crippen LogP contribution in [0.15, 0.2) is 41.3 Å². The van der Waals surface area contributed by atoms with E-state index >= 15 is 0 Å². The minimum Gasteiger partial charge on any atom is -0.352 e. The third-order valence-electron chi connectivity index (χ3n) is 3.25. The zero-order valence-electron chi connectivity index (χ0n) is 12.3. The molecule has 3 rings (SSSR count). The number of hydrogen-bond acceptors (Lipinski definition) is 4. The molecule has 1 amide bonds. The van der Waals surface area contributed by atoms with E-state index in [2.05, 4.69) is 31.7 Å². The third kappa shape index (κ3) is 3.21. The highest BCUT2D eigenvalue weighted by Crippen LogP contribution is 2.35. The van der Waals surface area contributed by atoms with Gasteiger partial charge in [-0.15, -0.1) is 0 Å². The summed E-state index contributed by atoms with van der Waals surface area (Å²) < 4.78 is 2.49. The van der Waals surface area contributed by atoms with Crippen molar-refractivity contribution in [3.8, 4) is 0 Å². The van der Waals surface area contributed by atoms with E-state index in [1.807, 2.05) is 6.07 Å². The number of nitrogens with zero attached hydrogens (tertiary/aromatic N) is 2. The van der Waals surface area contributed by atoms with E-state index in [1.165, 1.54) is 7.11 Å². The molecule has 0 fully saturated rings. The van der Waals surface area contributed by atoms with Gasteiger partial charge in [0.15, 0.2) is 5.65 Å². The number of halogens is 3. The predicted octanol–water partition coefficient (Wildman–Crippen LogP) is 4.44. The summed E-state index contributed by atoms with van der Waals surface area (Å²) in [5.41, 5.74) is 4.07. The quantitative estimate of drug-likeness (QED) is 0.601. The van der Waals surface area contributed by atoms with Crippen LogP contribution in [0.25, 0.3) is 5.65 Å². The van der Waals surface area contributed by atoms with Crippen molar-refractivity contribution in [2.75, 3.05) is 12.4 Å². The molecule has 0 aliphatic heterocycles.